The number of hydrogen-bond donors (Lipinski definition) is 0. The van der Waals surface area contributed by atoms with Crippen LogP contribution in [0.2, 0.25) is 0 Å². The van der Waals surface area contributed by atoms with Crippen molar-refractivity contribution in [2.45, 2.75) is 32.0 Å². The minimum Gasteiger partial charge on any atom is -0.491 e. The number of piperidine rings is 1. The number of aromatic nitrogens is 5. The second kappa shape index (κ2) is 8.60. The van der Waals surface area contributed by atoms with Gasteiger partial charge in [0.2, 0.25) is 0 Å². The number of alkyl halides is 5. The van der Waals surface area contributed by atoms with Crippen LogP contribution in [0, 0.1) is 5.92 Å². The van der Waals surface area contributed by atoms with Crippen LogP contribution in [0.4, 0.5) is 27.8 Å². The van der Waals surface area contributed by atoms with Gasteiger partial charge < -0.3 is 9.64 Å². The second-order valence-electron chi connectivity index (χ2n) is 7.27. The third-order valence-electron chi connectivity index (χ3n) is 5.15. The molecule has 0 saturated carbocycles. The van der Waals surface area contributed by atoms with Crippen LogP contribution in [0.15, 0.2) is 30.9 Å². The first kappa shape index (κ1) is 21.2. The van der Waals surface area contributed by atoms with Gasteiger partial charge in [0.05, 0.1) is 25.2 Å². The molecule has 0 amide bonds. The first-order valence-electron chi connectivity index (χ1n) is 9.67. The Labute approximate surface area is 173 Å². The molecule has 0 aromatic carbocycles. The van der Waals surface area contributed by atoms with Crippen molar-refractivity contribution < 1.29 is 26.7 Å². The van der Waals surface area contributed by atoms with Crippen molar-refractivity contribution >= 4 is 17.0 Å². The van der Waals surface area contributed by atoms with E-state index in [0.29, 0.717) is 42.9 Å². The Hall–Kier alpha value is -3.05. The van der Waals surface area contributed by atoms with Crippen LogP contribution in [-0.2, 0) is 12.7 Å². The lowest BCUT2D eigenvalue weighted by atomic mass is 9.98. The van der Waals surface area contributed by atoms with Crippen LogP contribution in [0.5, 0.6) is 5.75 Å². The Morgan fingerprint density at radius 1 is 1.13 bits per heavy atom. The maximum absolute atomic E-state index is 13.1. The zero-order valence-corrected chi connectivity index (χ0v) is 16.3. The third-order valence-corrected chi connectivity index (χ3v) is 5.15. The standard InChI is InChI=1S/C19H19F5N6O/c20-16(21)10-30-18-14(7-27-30)26-9-17(28-18)29-5-2-12(3-6-29)11-31-15-8-25-4-1-13(15)19(22,23)24/h1,4,7-9,12,16H,2-3,5-6,10-11H2. The summed E-state index contributed by atoms with van der Waals surface area (Å²) in [7, 11) is 0. The summed E-state index contributed by atoms with van der Waals surface area (Å²) in [6.45, 7) is 0.774. The highest BCUT2D eigenvalue weighted by molar-refractivity contribution is 5.71. The van der Waals surface area contributed by atoms with Gasteiger partial charge in [0, 0.05) is 19.3 Å². The average Bonchev–Trinajstić information content (AvgIpc) is 3.13. The molecule has 0 spiro atoms. The molecule has 1 fully saturated rings. The maximum atomic E-state index is 13.1. The van der Waals surface area contributed by atoms with E-state index in [1.54, 1.807) is 6.20 Å². The molecule has 1 aliphatic rings. The largest absolute Gasteiger partial charge is 0.491 e. The molecule has 0 unspecified atom stereocenters. The summed E-state index contributed by atoms with van der Waals surface area (Å²) in [6, 6.07) is 0.894. The summed E-state index contributed by atoms with van der Waals surface area (Å²) >= 11 is 0. The van der Waals surface area contributed by atoms with E-state index in [1.807, 2.05) is 4.90 Å². The Morgan fingerprint density at radius 3 is 2.61 bits per heavy atom. The smallest absolute Gasteiger partial charge is 0.420 e. The van der Waals surface area contributed by atoms with E-state index in [0.717, 1.165) is 23.1 Å². The number of halogens is 5. The lowest BCUT2D eigenvalue weighted by Crippen LogP contribution is -2.36. The van der Waals surface area contributed by atoms with Gasteiger partial charge >= 0.3 is 6.18 Å². The van der Waals surface area contributed by atoms with Crippen LogP contribution in [0.1, 0.15) is 18.4 Å². The average molecular weight is 442 g/mol. The van der Waals surface area contributed by atoms with Gasteiger partial charge in [-0.05, 0) is 24.8 Å². The van der Waals surface area contributed by atoms with Gasteiger partial charge in [-0.3, -0.25) is 4.98 Å². The van der Waals surface area contributed by atoms with Crippen molar-refractivity contribution in [1.29, 1.82) is 0 Å². The molecule has 0 N–H and O–H groups in total. The van der Waals surface area contributed by atoms with Crippen molar-refractivity contribution in [1.82, 2.24) is 24.7 Å². The third kappa shape index (κ3) is 4.83. The molecule has 4 rings (SSSR count). The molecule has 3 aromatic rings. The van der Waals surface area contributed by atoms with Crippen molar-refractivity contribution in [3.05, 3.63) is 36.4 Å². The monoisotopic (exact) mass is 442 g/mol. The first-order valence-corrected chi connectivity index (χ1v) is 9.67. The van der Waals surface area contributed by atoms with Gasteiger partial charge in [0.1, 0.15) is 29.2 Å². The first-order chi connectivity index (χ1) is 14.8. The summed E-state index contributed by atoms with van der Waals surface area (Å²) in [5, 5.41) is 3.90. The zero-order chi connectivity index (χ0) is 22.0. The molecule has 31 heavy (non-hydrogen) atoms. The molecule has 0 atom stereocenters. The lowest BCUT2D eigenvalue weighted by molar-refractivity contribution is -0.139. The van der Waals surface area contributed by atoms with Crippen LogP contribution >= 0.6 is 0 Å². The molecular formula is C19H19F5N6O. The molecule has 7 nitrogen and oxygen atoms in total. The van der Waals surface area contributed by atoms with Crippen LogP contribution in [0.25, 0.3) is 11.2 Å². The Kier molecular flexibility index (Phi) is 5.88. The second-order valence-corrected chi connectivity index (χ2v) is 7.27. The fraction of sp³-hybridized carbons (Fsp3) is 0.474. The van der Waals surface area contributed by atoms with E-state index in [9.17, 15) is 22.0 Å². The fourth-order valence-corrected chi connectivity index (χ4v) is 3.52. The van der Waals surface area contributed by atoms with Gasteiger partial charge in [-0.25, -0.2) is 23.4 Å². The minimum atomic E-state index is -4.50. The Morgan fingerprint density at radius 2 is 1.90 bits per heavy atom. The van der Waals surface area contributed by atoms with Crippen LogP contribution in [-0.4, -0.2) is 50.9 Å². The lowest BCUT2D eigenvalue weighted by Gasteiger charge is -2.32. The van der Waals surface area contributed by atoms with Crippen molar-refractivity contribution in [3.8, 4) is 5.75 Å². The summed E-state index contributed by atoms with van der Waals surface area (Å²) in [6.07, 6.45) is -0.581. The van der Waals surface area contributed by atoms with E-state index in [1.165, 1.54) is 6.20 Å². The highest BCUT2D eigenvalue weighted by Gasteiger charge is 2.34. The molecule has 3 aromatic heterocycles. The number of fused-ring (bicyclic) bond motifs is 1. The Bertz CT molecular complexity index is 1030. The Balaban J connectivity index is 1.37. The number of ether oxygens (including phenoxy) is 1. The van der Waals surface area contributed by atoms with Crippen molar-refractivity contribution in [3.63, 3.8) is 0 Å². The molecule has 0 aliphatic carbocycles. The molecule has 0 radical (unpaired) electrons. The summed E-state index contributed by atoms with van der Waals surface area (Å²) in [5.74, 6) is 0.342. The number of anilines is 1. The predicted octanol–water partition coefficient (Wildman–Crippen LogP) is 3.80. The highest BCUT2D eigenvalue weighted by Crippen LogP contribution is 2.36. The minimum absolute atomic E-state index is 0.0681. The van der Waals surface area contributed by atoms with Gasteiger partial charge in [0.15, 0.2) is 5.65 Å². The summed E-state index contributed by atoms with van der Waals surface area (Å²) < 4.78 is 71.2. The van der Waals surface area contributed by atoms with E-state index in [2.05, 4.69) is 20.1 Å². The maximum Gasteiger partial charge on any atom is 0.420 e. The predicted molar refractivity (Wildman–Crippen MR) is 101 cm³/mol. The molecule has 1 saturated heterocycles. The van der Waals surface area contributed by atoms with Gasteiger partial charge in [-0.15, -0.1) is 0 Å². The molecular weight excluding hydrogens is 423 g/mol. The molecule has 4 heterocycles. The number of nitrogens with zero attached hydrogens (tertiary/aromatic N) is 6. The van der Waals surface area contributed by atoms with Gasteiger partial charge in [-0.1, -0.05) is 0 Å². The molecule has 0 bridgehead atoms. The van der Waals surface area contributed by atoms with Crippen LogP contribution in [0.3, 0.4) is 0 Å². The normalized spacial score (nSPS) is 15.7. The van der Waals surface area contributed by atoms with Gasteiger partial charge in [-0.2, -0.15) is 18.3 Å². The number of rotatable bonds is 6. The summed E-state index contributed by atoms with van der Waals surface area (Å²) in [4.78, 5) is 14.4. The zero-order valence-electron chi connectivity index (χ0n) is 16.3. The number of pyridine rings is 1. The van der Waals surface area contributed by atoms with Gasteiger partial charge in [0.25, 0.3) is 6.43 Å². The van der Waals surface area contributed by atoms with Crippen LogP contribution < -0.4 is 9.64 Å². The van der Waals surface area contributed by atoms with E-state index >= 15 is 0 Å². The fourth-order valence-electron chi connectivity index (χ4n) is 3.52. The van der Waals surface area contributed by atoms with E-state index in [4.69, 9.17) is 4.74 Å². The van der Waals surface area contributed by atoms with Crippen molar-refractivity contribution in [2.24, 2.45) is 5.92 Å². The molecule has 166 valence electrons. The number of hydrogen-bond acceptors (Lipinski definition) is 6. The highest BCUT2D eigenvalue weighted by atomic mass is 19.4. The SMILES string of the molecule is FC(F)Cn1ncc2ncc(N3CCC(COc4cnccc4C(F)(F)F)CC3)nc21. The summed E-state index contributed by atoms with van der Waals surface area (Å²) in [5.41, 5.74) is -0.118. The quantitative estimate of drug-likeness (QED) is 0.541. The van der Waals surface area contributed by atoms with E-state index < -0.39 is 24.7 Å². The van der Waals surface area contributed by atoms with E-state index in [-0.39, 0.29) is 18.3 Å². The molecule has 1 aliphatic heterocycles. The topological polar surface area (TPSA) is 69.0 Å². The molecule has 12 heteroatoms. The van der Waals surface area contributed by atoms with Crippen molar-refractivity contribution in [2.75, 3.05) is 24.6 Å².